The van der Waals surface area contributed by atoms with Gasteiger partial charge >= 0.3 is 0 Å². The number of rotatable bonds is 3. The van der Waals surface area contributed by atoms with Gasteiger partial charge < -0.3 is 16.2 Å². The molecule has 1 aliphatic heterocycles. The van der Waals surface area contributed by atoms with Crippen LogP contribution in [0.1, 0.15) is 12.8 Å². The van der Waals surface area contributed by atoms with Crippen LogP contribution < -0.4 is 11.1 Å². The number of aromatic hydroxyl groups is 1. The third-order valence-electron chi connectivity index (χ3n) is 3.36. The Morgan fingerprint density at radius 1 is 1.50 bits per heavy atom. The monoisotopic (exact) mass is 299 g/mol. The Kier molecular flexibility index (Phi) is 3.87. The normalized spacial score (nSPS) is 19.9. The van der Waals surface area contributed by atoms with Crippen LogP contribution in [-0.4, -0.2) is 43.4 Å². The molecular formula is C12H17N3O4S. The Morgan fingerprint density at radius 2 is 2.20 bits per heavy atom. The average molecular weight is 299 g/mol. The van der Waals surface area contributed by atoms with Crippen molar-refractivity contribution in [1.82, 2.24) is 9.62 Å². The molecule has 1 aromatic rings. The van der Waals surface area contributed by atoms with Crippen LogP contribution in [0.2, 0.25) is 0 Å². The number of benzene rings is 1. The maximum atomic E-state index is 12.5. The van der Waals surface area contributed by atoms with Crippen molar-refractivity contribution in [1.29, 1.82) is 0 Å². The number of amides is 1. The Hall–Kier alpha value is -1.80. The summed E-state index contributed by atoms with van der Waals surface area (Å²) in [7, 11) is -2.32. The predicted octanol–water partition coefficient (Wildman–Crippen LogP) is -0.126. The van der Waals surface area contributed by atoms with Crippen molar-refractivity contribution >= 4 is 21.6 Å². The van der Waals surface area contributed by atoms with E-state index in [1.807, 2.05) is 0 Å². The van der Waals surface area contributed by atoms with E-state index in [-0.39, 0.29) is 22.2 Å². The zero-order chi connectivity index (χ0) is 14.9. The van der Waals surface area contributed by atoms with Gasteiger partial charge in [0.2, 0.25) is 15.9 Å². The lowest BCUT2D eigenvalue weighted by atomic mass is 10.2. The lowest BCUT2D eigenvalue weighted by molar-refractivity contribution is -0.123. The third-order valence-corrected chi connectivity index (χ3v) is 5.26. The summed E-state index contributed by atoms with van der Waals surface area (Å²) in [6.45, 7) is 0.293. The van der Waals surface area contributed by atoms with Gasteiger partial charge in [-0.05, 0) is 31.0 Å². The van der Waals surface area contributed by atoms with Crippen LogP contribution in [-0.2, 0) is 14.8 Å². The molecule has 0 aromatic heterocycles. The van der Waals surface area contributed by atoms with Gasteiger partial charge in [0.05, 0.1) is 10.6 Å². The first-order chi connectivity index (χ1) is 9.37. The first kappa shape index (κ1) is 14.6. The topological polar surface area (TPSA) is 113 Å². The summed E-state index contributed by atoms with van der Waals surface area (Å²) in [6, 6.07) is 3.01. The van der Waals surface area contributed by atoms with Crippen molar-refractivity contribution in [2.75, 3.05) is 19.3 Å². The number of hydrogen-bond donors (Lipinski definition) is 3. The molecule has 1 aliphatic rings. The maximum Gasteiger partial charge on any atom is 0.243 e. The number of sulfonamides is 1. The lowest BCUT2D eigenvalue weighted by Gasteiger charge is -2.22. The fraction of sp³-hybridized carbons (Fsp3) is 0.417. The van der Waals surface area contributed by atoms with Gasteiger partial charge in [-0.1, -0.05) is 0 Å². The molecule has 1 fully saturated rings. The SMILES string of the molecule is CNC(=O)C1CCCN1S(=O)(=O)c1ccc(O)c(N)c1. The van der Waals surface area contributed by atoms with Gasteiger partial charge in [-0.25, -0.2) is 8.42 Å². The van der Waals surface area contributed by atoms with E-state index in [9.17, 15) is 18.3 Å². The molecule has 0 bridgehead atoms. The van der Waals surface area contributed by atoms with E-state index in [1.165, 1.54) is 29.6 Å². The van der Waals surface area contributed by atoms with Crippen molar-refractivity contribution in [3.8, 4) is 5.75 Å². The van der Waals surface area contributed by atoms with E-state index in [2.05, 4.69) is 5.32 Å². The number of phenols is 1. The van der Waals surface area contributed by atoms with Crippen LogP contribution in [0.15, 0.2) is 23.1 Å². The summed E-state index contributed by atoms with van der Waals surface area (Å²) < 4.78 is 26.3. The molecule has 0 aliphatic carbocycles. The summed E-state index contributed by atoms with van der Waals surface area (Å²) >= 11 is 0. The average Bonchev–Trinajstić information content (AvgIpc) is 2.90. The number of nitrogens with one attached hydrogen (secondary N) is 1. The Morgan fingerprint density at radius 3 is 2.80 bits per heavy atom. The zero-order valence-corrected chi connectivity index (χ0v) is 11.9. The molecule has 20 heavy (non-hydrogen) atoms. The molecule has 1 aromatic carbocycles. The number of nitrogens with two attached hydrogens (primary N) is 1. The fourth-order valence-electron chi connectivity index (χ4n) is 2.28. The molecule has 1 saturated heterocycles. The van der Waals surface area contributed by atoms with E-state index in [0.29, 0.717) is 19.4 Å². The summed E-state index contributed by atoms with van der Waals surface area (Å²) in [5.74, 6) is -0.494. The van der Waals surface area contributed by atoms with Crippen LogP contribution in [0.25, 0.3) is 0 Å². The number of likely N-dealkylation sites (N-methyl/N-ethyl adjacent to an activating group) is 1. The second-order valence-electron chi connectivity index (χ2n) is 4.61. The minimum absolute atomic E-state index is 0.0123. The molecule has 110 valence electrons. The van der Waals surface area contributed by atoms with Gasteiger partial charge in [0, 0.05) is 13.6 Å². The van der Waals surface area contributed by atoms with Crippen molar-refractivity contribution < 1.29 is 18.3 Å². The second-order valence-corrected chi connectivity index (χ2v) is 6.50. The van der Waals surface area contributed by atoms with Crippen LogP contribution in [0.3, 0.4) is 0 Å². The molecule has 1 heterocycles. The molecule has 2 rings (SSSR count). The molecule has 8 heteroatoms. The van der Waals surface area contributed by atoms with E-state index in [1.54, 1.807) is 0 Å². The fourth-order valence-corrected chi connectivity index (χ4v) is 3.98. The number of nitrogen functional groups attached to an aromatic ring is 1. The van der Waals surface area contributed by atoms with Crippen LogP contribution >= 0.6 is 0 Å². The maximum absolute atomic E-state index is 12.5. The Labute approximate surface area is 117 Å². The largest absolute Gasteiger partial charge is 0.506 e. The van der Waals surface area contributed by atoms with Gasteiger partial charge in [-0.2, -0.15) is 4.31 Å². The molecule has 1 unspecified atom stereocenters. The number of carbonyl (C=O) groups excluding carboxylic acids is 1. The van der Waals surface area contributed by atoms with Gasteiger partial charge in [0.25, 0.3) is 0 Å². The summed E-state index contributed by atoms with van der Waals surface area (Å²) in [4.78, 5) is 11.7. The van der Waals surface area contributed by atoms with Crippen LogP contribution in [0, 0.1) is 0 Å². The molecule has 0 radical (unpaired) electrons. The highest BCUT2D eigenvalue weighted by atomic mass is 32.2. The molecule has 4 N–H and O–H groups in total. The Balaban J connectivity index is 2.38. The van der Waals surface area contributed by atoms with Crippen LogP contribution in [0.4, 0.5) is 5.69 Å². The zero-order valence-electron chi connectivity index (χ0n) is 11.0. The summed E-state index contributed by atoms with van der Waals surface area (Å²) in [5, 5.41) is 11.8. The molecule has 0 spiro atoms. The van der Waals surface area contributed by atoms with E-state index in [4.69, 9.17) is 5.73 Å². The van der Waals surface area contributed by atoms with E-state index in [0.717, 1.165) is 0 Å². The first-order valence-corrected chi connectivity index (χ1v) is 7.64. The third kappa shape index (κ3) is 2.44. The minimum Gasteiger partial charge on any atom is -0.506 e. The molecular weight excluding hydrogens is 282 g/mol. The van der Waals surface area contributed by atoms with Crippen molar-refractivity contribution in [3.05, 3.63) is 18.2 Å². The van der Waals surface area contributed by atoms with Crippen LogP contribution in [0.5, 0.6) is 5.75 Å². The molecule has 7 nitrogen and oxygen atoms in total. The number of hydrogen-bond acceptors (Lipinski definition) is 5. The van der Waals surface area contributed by atoms with Gasteiger partial charge in [-0.15, -0.1) is 0 Å². The standard InChI is InChI=1S/C12H17N3O4S/c1-14-12(17)10-3-2-6-15(10)20(18,19)8-4-5-11(16)9(13)7-8/h4-5,7,10,16H,2-3,6,13H2,1H3,(H,14,17). The number of anilines is 1. The molecule has 1 amide bonds. The smallest absolute Gasteiger partial charge is 0.243 e. The highest BCUT2D eigenvalue weighted by molar-refractivity contribution is 7.89. The van der Waals surface area contributed by atoms with Gasteiger partial charge in [0.15, 0.2) is 0 Å². The van der Waals surface area contributed by atoms with Crippen molar-refractivity contribution in [3.63, 3.8) is 0 Å². The minimum atomic E-state index is -3.80. The molecule has 0 saturated carbocycles. The lowest BCUT2D eigenvalue weighted by Crippen LogP contribution is -2.44. The predicted molar refractivity (Wildman–Crippen MR) is 73.5 cm³/mol. The van der Waals surface area contributed by atoms with E-state index >= 15 is 0 Å². The van der Waals surface area contributed by atoms with Crippen molar-refractivity contribution in [2.24, 2.45) is 0 Å². The Bertz CT molecular complexity index is 630. The number of nitrogens with zero attached hydrogens (tertiary/aromatic N) is 1. The van der Waals surface area contributed by atoms with Gasteiger partial charge in [0.1, 0.15) is 11.8 Å². The van der Waals surface area contributed by atoms with Crippen molar-refractivity contribution in [2.45, 2.75) is 23.8 Å². The summed E-state index contributed by atoms with van der Waals surface area (Å²) in [6.07, 6.45) is 1.12. The first-order valence-electron chi connectivity index (χ1n) is 6.20. The highest BCUT2D eigenvalue weighted by Crippen LogP contribution is 2.29. The summed E-state index contributed by atoms with van der Waals surface area (Å²) in [5.41, 5.74) is 5.51. The number of phenolic OH excluding ortho intramolecular Hbond substituents is 1. The highest BCUT2D eigenvalue weighted by Gasteiger charge is 2.39. The number of carbonyl (C=O) groups is 1. The molecule has 1 atom stereocenters. The second kappa shape index (κ2) is 5.29. The quantitative estimate of drug-likeness (QED) is 0.532. The van der Waals surface area contributed by atoms with E-state index < -0.39 is 16.1 Å². The van der Waals surface area contributed by atoms with Gasteiger partial charge in [-0.3, -0.25) is 4.79 Å².